The second-order valence-corrected chi connectivity index (χ2v) is 10.8. The average Bonchev–Trinajstić information content (AvgIpc) is 2.67. The van der Waals surface area contributed by atoms with E-state index in [0.29, 0.717) is 17.4 Å². The average molecular weight is 456 g/mol. The zero-order valence-corrected chi connectivity index (χ0v) is 22.0. The maximum absolute atomic E-state index is 12.1. The Balaban J connectivity index is 3.64. The number of carboxylic acid groups (broad SMARTS) is 1. The van der Waals surface area contributed by atoms with Crippen LogP contribution in [0.2, 0.25) is 0 Å². The van der Waals surface area contributed by atoms with Crippen LogP contribution in [0.3, 0.4) is 0 Å². The molecule has 0 aromatic heterocycles. The Labute approximate surface area is 198 Å². The maximum atomic E-state index is 12.1. The van der Waals surface area contributed by atoms with Crippen LogP contribution in [-0.2, 0) is 14.3 Å². The Kier molecular flexibility index (Phi) is 18.7. The van der Waals surface area contributed by atoms with Crippen molar-refractivity contribution < 1.29 is 23.9 Å². The lowest BCUT2D eigenvalue weighted by atomic mass is 9.96. The van der Waals surface area contributed by atoms with Gasteiger partial charge in [0.25, 0.3) is 0 Å². The molecule has 0 saturated heterocycles. The molecule has 0 spiro atoms. The van der Waals surface area contributed by atoms with Crippen LogP contribution in [0, 0.1) is 5.92 Å². The van der Waals surface area contributed by atoms with E-state index in [1.165, 1.54) is 77.0 Å². The summed E-state index contributed by atoms with van der Waals surface area (Å²) < 4.78 is 5.94. The van der Waals surface area contributed by atoms with Gasteiger partial charge in [0, 0.05) is 18.8 Å². The van der Waals surface area contributed by atoms with Crippen molar-refractivity contribution in [3.8, 4) is 0 Å². The molecule has 0 aliphatic carbocycles. The zero-order chi connectivity index (χ0) is 24.2. The van der Waals surface area contributed by atoms with Gasteiger partial charge in [-0.25, -0.2) is 0 Å². The number of esters is 1. The SMILES string of the molecule is CCCCCCCCC(C)CCCCCCCCCC(=O)OC(CC(=O)[O-])C[N+](C)(C)C. The van der Waals surface area contributed by atoms with E-state index in [9.17, 15) is 14.7 Å². The summed E-state index contributed by atoms with van der Waals surface area (Å²) in [5, 5.41) is 10.9. The predicted molar refractivity (Wildman–Crippen MR) is 131 cm³/mol. The van der Waals surface area contributed by atoms with E-state index in [-0.39, 0.29) is 12.4 Å². The van der Waals surface area contributed by atoms with Crippen molar-refractivity contribution in [1.29, 1.82) is 0 Å². The molecule has 0 aliphatic rings. The van der Waals surface area contributed by atoms with E-state index in [1.54, 1.807) is 0 Å². The summed E-state index contributed by atoms with van der Waals surface area (Å²) in [4.78, 5) is 23.0. The van der Waals surface area contributed by atoms with Crippen molar-refractivity contribution in [3.63, 3.8) is 0 Å². The molecule has 0 aromatic carbocycles. The molecule has 190 valence electrons. The number of unbranched alkanes of at least 4 members (excludes halogenated alkanes) is 11. The third-order valence-corrected chi connectivity index (χ3v) is 6.07. The normalized spacial score (nSPS) is 13.7. The topological polar surface area (TPSA) is 66.4 Å². The Hall–Kier alpha value is -1.10. The summed E-state index contributed by atoms with van der Waals surface area (Å²) in [5.74, 6) is -0.595. The number of carbonyl (C=O) groups is 2. The van der Waals surface area contributed by atoms with Gasteiger partial charge in [-0.1, -0.05) is 104 Å². The van der Waals surface area contributed by atoms with Crippen molar-refractivity contribution in [2.75, 3.05) is 27.7 Å². The minimum absolute atomic E-state index is 0.237. The molecule has 5 heteroatoms. The molecule has 0 heterocycles. The van der Waals surface area contributed by atoms with Gasteiger partial charge in [0.2, 0.25) is 0 Å². The summed E-state index contributed by atoms with van der Waals surface area (Å²) >= 11 is 0. The fourth-order valence-electron chi connectivity index (χ4n) is 4.25. The minimum Gasteiger partial charge on any atom is -0.550 e. The van der Waals surface area contributed by atoms with Gasteiger partial charge in [-0.05, 0) is 12.3 Å². The molecule has 2 unspecified atom stereocenters. The number of ether oxygens (including phenoxy) is 1. The highest BCUT2D eigenvalue weighted by molar-refractivity contribution is 5.70. The number of nitrogens with zero attached hydrogens (tertiary/aromatic N) is 1. The minimum atomic E-state index is -1.17. The number of likely N-dealkylation sites (N-methyl/N-ethyl adjacent to an activating group) is 1. The summed E-state index contributed by atoms with van der Waals surface area (Å²) in [6.45, 7) is 5.15. The van der Waals surface area contributed by atoms with Crippen molar-refractivity contribution in [1.82, 2.24) is 0 Å². The molecule has 0 aromatic rings. The molecule has 0 radical (unpaired) electrons. The van der Waals surface area contributed by atoms with Gasteiger partial charge in [-0.2, -0.15) is 0 Å². The third kappa shape index (κ3) is 22.1. The number of quaternary nitrogens is 1. The highest BCUT2D eigenvalue weighted by Gasteiger charge is 2.22. The van der Waals surface area contributed by atoms with Gasteiger partial charge in [0.05, 0.1) is 21.1 Å². The number of hydrogen-bond donors (Lipinski definition) is 0. The molecule has 32 heavy (non-hydrogen) atoms. The van der Waals surface area contributed by atoms with Crippen LogP contribution < -0.4 is 5.11 Å². The summed E-state index contributed by atoms with van der Waals surface area (Å²) in [6, 6.07) is 0. The predicted octanol–water partition coefficient (Wildman–Crippen LogP) is 5.64. The van der Waals surface area contributed by atoms with Gasteiger partial charge in [-0.15, -0.1) is 0 Å². The molecule has 5 nitrogen and oxygen atoms in total. The number of carboxylic acids is 1. The van der Waals surface area contributed by atoms with Crippen LogP contribution >= 0.6 is 0 Å². The Morgan fingerprint density at radius 1 is 0.781 bits per heavy atom. The van der Waals surface area contributed by atoms with Crippen molar-refractivity contribution in [3.05, 3.63) is 0 Å². The van der Waals surface area contributed by atoms with Gasteiger partial charge >= 0.3 is 5.97 Å². The molecule has 0 saturated carbocycles. The van der Waals surface area contributed by atoms with Gasteiger partial charge in [0.1, 0.15) is 6.54 Å². The van der Waals surface area contributed by atoms with Crippen molar-refractivity contribution in [2.45, 2.75) is 129 Å². The molecule has 0 N–H and O–H groups in total. The first-order valence-corrected chi connectivity index (χ1v) is 13.3. The Morgan fingerprint density at radius 3 is 1.72 bits per heavy atom. The Morgan fingerprint density at radius 2 is 1.25 bits per heavy atom. The lowest BCUT2D eigenvalue weighted by Gasteiger charge is -2.29. The smallest absolute Gasteiger partial charge is 0.306 e. The lowest BCUT2D eigenvalue weighted by Crippen LogP contribution is -2.45. The van der Waals surface area contributed by atoms with Gasteiger partial charge in [-0.3, -0.25) is 4.79 Å². The van der Waals surface area contributed by atoms with Crippen LogP contribution in [-0.4, -0.2) is 50.2 Å². The molecule has 0 amide bonds. The van der Waals surface area contributed by atoms with E-state index in [4.69, 9.17) is 4.74 Å². The Bertz CT molecular complexity index is 473. The van der Waals surface area contributed by atoms with Gasteiger partial charge in [0.15, 0.2) is 6.10 Å². The zero-order valence-electron chi connectivity index (χ0n) is 22.0. The van der Waals surface area contributed by atoms with E-state index >= 15 is 0 Å². The number of aliphatic carboxylic acids is 1. The van der Waals surface area contributed by atoms with Crippen LogP contribution in [0.1, 0.15) is 123 Å². The van der Waals surface area contributed by atoms with E-state index in [2.05, 4.69) is 13.8 Å². The van der Waals surface area contributed by atoms with E-state index < -0.39 is 12.1 Å². The first-order chi connectivity index (χ1) is 15.1. The van der Waals surface area contributed by atoms with Crippen molar-refractivity contribution in [2.24, 2.45) is 5.92 Å². The first kappa shape index (κ1) is 30.9. The second kappa shape index (κ2) is 19.4. The highest BCUT2D eigenvalue weighted by Crippen LogP contribution is 2.19. The first-order valence-electron chi connectivity index (χ1n) is 13.3. The fourth-order valence-corrected chi connectivity index (χ4v) is 4.25. The molecule has 2 atom stereocenters. The quantitative estimate of drug-likeness (QED) is 0.120. The molecule has 0 bridgehead atoms. The second-order valence-electron chi connectivity index (χ2n) is 10.8. The fraction of sp³-hybridized carbons (Fsp3) is 0.926. The monoisotopic (exact) mass is 455 g/mol. The summed E-state index contributed by atoms with van der Waals surface area (Å²) in [7, 11) is 5.85. The van der Waals surface area contributed by atoms with Crippen LogP contribution in [0.4, 0.5) is 0 Å². The largest absolute Gasteiger partial charge is 0.550 e. The lowest BCUT2D eigenvalue weighted by molar-refractivity contribution is -0.873. The molecular formula is C27H53NO4. The van der Waals surface area contributed by atoms with Crippen LogP contribution in [0.15, 0.2) is 0 Å². The highest BCUT2D eigenvalue weighted by atomic mass is 16.5. The van der Waals surface area contributed by atoms with Crippen LogP contribution in [0.5, 0.6) is 0 Å². The van der Waals surface area contributed by atoms with E-state index in [1.807, 2.05) is 21.1 Å². The summed E-state index contributed by atoms with van der Waals surface area (Å²) in [5.41, 5.74) is 0. The number of carbonyl (C=O) groups excluding carboxylic acids is 2. The maximum Gasteiger partial charge on any atom is 0.306 e. The van der Waals surface area contributed by atoms with E-state index in [0.717, 1.165) is 25.2 Å². The number of hydrogen-bond acceptors (Lipinski definition) is 4. The third-order valence-electron chi connectivity index (χ3n) is 6.07. The summed E-state index contributed by atoms with van der Waals surface area (Å²) in [6.07, 6.45) is 18.8. The van der Waals surface area contributed by atoms with Crippen molar-refractivity contribution >= 4 is 11.9 Å². The number of rotatable bonds is 22. The molecule has 0 fully saturated rings. The standard InChI is InChI=1S/C27H53NO4/c1-6-7-8-9-13-16-19-24(2)20-17-14-11-10-12-15-18-21-27(31)32-25(22-26(29)30)23-28(3,4)5/h24-25H,6-23H2,1-5H3. The molecule has 0 aliphatic heterocycles. The molecular weight excluding hydrogens is 402 g/mol. The molecule has 0 rings (SSSR count). The van der Waals surface area contributed by atoms with Gasteiger partial charge < -0.3 is 19.1 Å². The van der Waals surface area contributed by atoms with Crippen LogP contribution in [0.25, 0.3) is 0 Å².